The van der Waals surface area contributed by atoms with E-state index in [1.165, 1.54) is 42.2 Å². The molecule has 3 rings (SSSR count). The zero-order chi connectivity index (χ0) is 19.9. The molecule has 142 valence electrons. The lowest BCUT2D eigenvalue weighted by Gasteiger charge is -1.98. The Bertz CT molecular complexity index is 1000. The molecule has 11 nitrogen and oxygen atoms in total. The van der Waals surface area contributed by atoms with E-state index >= 15 is 0 Å². The van der Waals surface area contributed by atoms with Gasteiger partial charge in [-0.25, -0.2) is 10.5 Å². The van der Waals surface area contributed by atoms with Crippen LogP contribution in [0.1, 0.15) is 11.1 Å². The van der Waals surface area contributed by atoms with E-state index in [0.29, 0.717) is 22.4 Å². The third kappa shape index (κ3) is 5.11. The van der Waals surface area contributed by atoms with E-state index in [9.17, 15) is 20.2 Å². The zero-order valence-corrected chi connectivity index (χ0v) is 15.0. The van der Waals surface area contributed by atoms with E-state index in [-0.39, 0.29) is 11.4 Å². The number of nitro groups is 2. The Balaban J connectivity index is 1.51. The monoisotopic (exact) mass is 399 g/mol. The van der Waals surface area contributed by atoms with Crippen LogP contribution in [-0.4, -0.2) is 31.2 Å². The standard InChI is InChI=1S/C16H13N7O4S/c24-22(25)13-5-1-11(2-6-13)9-17-19-15-18-16(21-20-15)28-10-12-3-7-14(8-4-12)23(26)27/h1-9H,10H2,(H2,18,19,20,21)/b17-9-. The fourth-order valence-electron chi connectivity index (χ4n) is 2.07. The van der Waals surface area contributed by atoms with Crippen molar-refractivity contribution in [2.24, 2.45) is 5.10 Å². The molecule has 0 bridgehead atoms. The Kier molecular flexibility index (Phi) is 5.91. The Hall–Kier alpha value is -3.80. The summed E-state index contributed by atoms with van der Waals surface area (Å²) in [6, 6.07) is 12.2. The quantitative estimate of drug-likeness (QED) is 0.253. The van der Waals surface area contributed by atoms with Gasteiger partial charge in [0.2, 0.25) is 11.1 Å². The Morgan fingerprint density at radius 1 is 1.04 bits per heavy atom. The normalized spacial score (nSPS) is 10.9. The average molecular weight is 399 g/mol. The molecule has 0 spiro atoms. The van der Waals surface area contributed by atoms with Gasteiger partial charge < -0.3 is 0 Å². The van der Waals surface area contributed by atoms with Gasteiger partial charge in [-0.1, -0.05) is 23.9 Å². The number of H-pyrrole nitrogens is 1. The van der Waals surface area contributed by atoms with Crippen LogP contribution < -0.4 is 5.43 Å². The molecule has 2 aromatic carbocycles. The number of nitrogens with zero attached hydrogens (tertiary/aromatic N) is 5. The number of nitrogens with one attached hydrogen (secondary N) is 2. The SMILES string of the molecule is O=[N+]([O-])c1ccc(/C=N\Nc2nc(SCc3ccc([N+](=O)[O-])cc3)n[nH]2)cc1. The minimum Gasteiger partial charge on any atom is -0.258 e. The van der Waals surface area contributed by atoms with E-state index in [1.54, 1.807) is 24.3 Å². The maximum absolute atomic E-state index is 10.6. The van der Waals surface area contributed by atoms with Gasteiger partial charge in [-0.15, -0.1) is 5.10 Å². The van der Waals surface area contributed by atoms with Crippen LogP contribution in [-0.2, 0) is 5.75 Å². The number of thioether (sulfide) groups is 1. The van der Waals surface area contributed by atoms with Gasteiger partial charge in [-0.2, -0.15) is 10.1 Å². The number of hydrogen-bond donors (Lipinski definition) is 2. The van der Waals surface area contributed by atoms with Crippen LogP contribution in [0.5, 0.6) is 0 Å². The van der Waals surface area contributed by atoms with Gasteiger partial charge >= 0.3 is 0 Å². The molecule has 1 aromatic heterocycles. The van der Waals surface area contributed by atoms with Crippen molar-refractivity contribution >= 4 is 35.3 Å². The van der Waals surface area contributed by atoms with E-state index in [0.717, 1.165) is 5.56 Å². The number of aromatic amines is 1. The van der Waals surface area contributed by atoms with Gasteiger partial charge in [0.25, 0.3) is 11.4 Å². The first-order valence-corrected chi connectivity index (χ1v) is 8.82. The second kappa shape index (κ2) is 8.73. The Morgan fingerprint density at radius 2 is 1.64 bits per heavy atom. The van der Waals surface area contributed by atoms with Crippen LogP contribution in [0, 0.1) is 20.2 Å². The highest BCUT2D eigenvalue weighted by Crippen LogP contribution is 2.21. The summed E-state index contributed by atoms with van der Waals surface area (Å²) >= 11 is 1.36. The van der Waals surface area contributed by atoms with Crippen molar-refractivity contribution in [1.29, 1.82) is 0 Å². The summed E-state index contributed by atoms with van der Waals surface area (Å²) in [5, 5.41) is 32.5. The zero-order valence-electron chi connectivity index (χ0n) is 14.2. The summed E-state index contributed by atoms with van der Waals surface area (Å²) in [6.07, 6.45) is 1.50. The highest BCUT2D eigenvalue weighted by molar-refractivity contribution is 7.98. The molecule has 0 saturated heterocycles. The topological polar surface area (TPSA) is 152 Å². The molecule has 0 aliphatic carbocycles. The first-order chi connectivity index (χ1) is 13.5. The van der Waals surface area contributed by atoms with Crippen molar-refractivity contribution in [3.63, 3.8) is 0 Å². The minimum atomic E-state index is -0.469. The molecule has 0 unspecified atom stereocenters. The van der Waals surface area contributed by atoms with E-state index in [1.807, 2.05) is 0 Å². The lowest BCUT2D eigenvalue weighted by molar-refractivity contribution is -0.385. The molecule has 0 radical (unpaired) electrons. The molecule has 28 heavy (non-hydrogen) atoms. The predicted molar refractivity (Wildman–Crippen MR) is 103 cm³/mol. The predicted octanol–water partition coefficient (Wildman–Crippen LogP) is 3.36. The lowest BCUT2D eigenvalue weighted by Crippen LogP contribution is -1.93. The fraction of sp³-hybridized carbons (Fsp3) is 0.0625. The number of hydrogen-bond acceptors (Lipinski definition) is 9. The van der Waals surface area contributed by atoms with Crippen LogP contribution in [0.4, 0.5) is 17.3 Å². The molecule has 0 atom stereocenters. The van der Waals surface area contributed by atoms with Gasteiger partial charge in [0.15, 0.2) is 0 Å². The van der Waals surface area contributed by atoms with E-state index in [2.05, 4.69) is 25.7 Å². The summed E-state index contributed by atoms with van der Waals surface area (Å²) < 4.78 is 0. The largest absolute Gasteiger partial charge is 0.269 e. The van der Waals surface area contributed by atoms with Gasteiger partial charge in [0.05, 0.1) is 16.1 Å². The van der Waals surface area contributed by atoms with Crippen LogP contribution in [0.25, 0.3) is 0 Å². The first-order valence-electron chi connectivity index (χ1n) is 7.83. The van der Waals surface area contributed by atoms with Gasteiger partial charge in [0, 0.05) is 30.0 Å². The van der Waals surface area contributed by atoms with Crippen molar-refractivity contribution in [1.82, 2.24) is 15.2 Å². The summed E-state index contributed by atoms with van der Waals surface area (Å²) in [7, 11) is 0. The molecular formula is C16H13N7O4S. The molecule has 1 heterocycles. The van der Waals surface area contributed by atoms with Crippen LogP contribution in [0.15, 0.2) is 58.8 Å². The third-order valence-corrected chi connectivity index (χ3v) is 4.39. The molecule has 0 aliphatic rings. The number of anilines is 1. The highest BCUT2D eigenvalue weighted by atomic mass is 32.2. The molecule has 12 heteroatoms. The van der Waals surface area contributed by atoms with Crippen molar-refractivity contribution in [2.75, 3.05) is 5.43 Å². The first kappa shape index (κ1) is 19.0. The van der Waals surface area contributed by atoms with Gasteiger partial charge in [0.1, 0.15) is 0 Å². The fourth-order valence-corrected chi connectivity index (χ4v) is 2.83. The highest BCUT2D eigenvalue weighted by Gasteiger charge is 2.07. The third-order valence-electron chi connectivity index (χ3n) is 3.47. The van der Waals surface area contributed by atoms with Crippen LogP contribution in [0.3, 0.4) is 0 Å². The maximum atomic E-state index is 10.6. The second-order valence-corrected chi connectivity index (χ2v) is 6.34. The minimum absolute atomic E-state index is 0.00929. The number of benzene rings is 2. The van der Waals surface area contributed by atoms with Crippen molar-refractivity contribution in [3.05, 3.63) is 79.9 Å². The Morgan fingerprint density at radius 3 is 2.25 bits per heavy atom. The van der Waals surface area contributed by atoms with Crippen molar-refractivity contribution in [2.45, 2.75) is 10.9 Å². The molecule has 0 saturated carbocycles. The summed E-state index contributed by atoms with van der Waals surface area (Å²) in [5.74, 6) is 0.894. The molecule has 0 amide bonds. The number of hydrazone groups is 1. The second-order valence-electron chi connectivity index (χ2n) is 5.40. The van der Waals surface area contributed by atoms with Gasteiger partial charge in [-0.3, -0.25) is 20.2 Å². The lowest BCUT2D eigenvalue weighted by atomic mass is 10.2. The van der Waals surface area contributed by atoms with E-state index < -0.39 is 9.85 Å². The molecule has 2 N–H and O–H groups in total. The molecule has 3 aromatic rings. The van der Waals surface area contributed by atoms with Crippen LogP contribution >= 0.6 is 11.8 Å². The summed E-state index contributed by atoms with van der Waals surface area (Å²) in [5.41, 5.74) is 4.34. The average Bonchev–Trinajstić information content (AvgIpc) is 3.15. The number of aromatic nitrogens is 3. The van der Waals surface area contributed by atoms with E-state index in [4.69, 9.17) is 0 Å². The number of non-ortho nitro benzene ring substituents is 2. The molecule has 0 fully saturated rings. The van der Waals surface area contributed by atoms with Gasteiger partial charge in [-0.05, 0) is 23.3 Å². The molecule has 0 aliphatic heterocycles. The smallest absolute Gasteiger partial charge is 0.258 e. The van der Waals surface area contributed by atoms with Crippen LogP contribution in [0.2, 0.25) is 0 Å². The van der Waals surface area contributed by atoms with Crippen molar-refractivity contribution < 1.29 is 9.85 Å². The molecular weight excluding hydrogens is 386 g/mol. The van der Waals surface area contributed by atoms with Crippen molar-refractivity contribution in [3.8, 4) is 0 Å². The maximum Gasteiger partial charge on any atom is 0.269 e. The number of nitro benzene ring substituents is 2. The Labute approximate surface area is 162 Å². The summed E-state index contributed by atoms with van der Waals surface area (Å²) in [6.45, 7) is 0. The number of rotatable bonds is 8. The summed E-state index contributed by atoms with van der Waals surface area (Å²) in [4.78, 5) is 24.6.